The summed E-state index contributed by atoms with van der Waals surface area (Å²) >= 11 is 5.87. The number of rotatable bonds is 6. The Hall–Kier alpha value is -3.84. The van der Waals surface area contributed by atoms with Crippen LogP contribution in [0.3, 0.4) is 0 Å². The molecule has 1 aliphatic heterocycles. The summed E-state index contributed by atoms with van der Waals surface area (Å²) in [6, 6.07) is 26.5. The maximum absolute atomic E-state index is 5.87. The average Bonchev–Trinajstić information content (AvgIpc) is 3.49. The molecule has 6 nitrogen and oxygen atoms in total. The summed E-state index contributed by atoms with van der Waals surface area (Å²) in [5.41, 5.74) is 5.27. The van der Waals surface area contributed by atoms with Crippen molar-refractivity contribution in [3.05, 3.63) is 103 Å². The van der Waals surface area contributed by atoms with Crippen molar-refractivity contribution >= 4 is 28.7 Å². The highest BCUT2D eigenvalue weighted by molar-refractivity contribution is 7.80. The smallest absolute Gasteiger partial charge is 0.174 e. The monoisotopic (exact) mass is 469 g/mol. The second-order valence-corrected chi connectivity index (χ2v) is 8.80. The fraction of sp³-hybridized carbons (Fsp3) is 0.185. The lowest BCUT2D eigenvalue weighted by atomic mass is 10.0. The first-order valence-corrected chi connectivity index (χ1v) is 11.6. The molecule has 0 amide bonds. The van der Waals surface area contributed by atoms with Crippen LogP contribution >= 0.6 is 12.2 Å². The van der Waals surface area contributed by atoms with E-state index in [1.807, 2.05) is 56.7 Å². The summed E-state index contributed by atoms with van der Waals surface area (Å²) in [6.07, 6.45) is 3.92. The van der Waals surface area contributed by atoms with Crippen molar-refractivity contribution in [2.45, 2.75) is 12.1 Å². The average molecular weight is 470 g/mol. The van der Waals surface area contributed by atoms with E-state index in [9.17, 15) is 0 Å². The van der Waals surface area contributed by atoms with E-state index in [1.165, 1.54) is 0 Å². The largest absolute Gasteiger partial charge is 0.497 e. The molecule has 4 aromatic rings. The van der Waals surface area contributed by atoms with Crippen LogP contribution in [0.25, 0.3) is 5.69 Å². The van der Waals surface area contributed by atoms with Crippen LogP contribution in [-0.4, -0.2) is 35.9 Å². The van der Waals surface area contributed by atoms with E-state index < -0.39 is 0 Å². The van der Waals surface area contributed by atoms with Gasteiger partial charge in [0.05, 0.1) is 18.8 Å². The zero-order valence-corrected chi connectivity index (χ0v) is 20.2. The Balaban J connectivity index is 1.63. The predicted octanol–water partition coefficient (Wildman–Crippen LogP) is 5.12. The summed E-state index contributed by atoms with van der Waals surface area (Å²) in [7, 11) is 5.77. The van der Waals surface area contributed by atoms with E-state index in [-0.39, 0.29) is 12.1 Å². The molecule has 0 saturated carbocycles. The van der Waals surface area contributed by atoms with Crippen LogP contribution in [0, 0.1) is 0 Å². The summed E-state index contributed by atoms with van der Waals surface area (Å²) in [5.74, 6) is 0.787. The van der Waals surface area contributed by atoms with Crippen LogP contribution in [-0.2, 0) is 0 Å². The Morgan fingerprint density at radius 1 is 0.941 bits per heavy atom. The third-order valence-corrected chi connectivity index (χ3v) is 6.47. The number of nitrogens with one attached hydrogen (secondary N) is 1. The van der Waals surface area contributed by atoms with E-state index >= 15 is 0 Å². The maximum Gasteiger partial charge on any atom is 0.174 e. The molecule has 1 fully saturated rings. The molecule has 34 heavy (non-hydrogen) atoms. The van der Waals surface area contributed by atoms with E-state index in [1.54, 1.807) is 7.11 Å². The first-order chi connectivity index (χ1) is 16.6. The fourth-order valence-electron chi connectivity index (χ4n) is 4.48. The van der Waals surface area contributed by atoms with Crippen LogP contribution in [0.1, 0.15) is 23.5 Å². The van der Waals surface area contributed by atoms with Gasteiger partial charge in [-0.1, -0.05) is 12.1 Å². The molecular weight excluding hydrogens is 442 g/mol. The van der Waals surface area contributed by atoms with Crippen LogP contribution in [0.5, 0.6) is 5.75 Å². The third-order valence-electron chi connectivity index (χ3n) is 6.16. The molecule has 0 aliphatic carbocycles. The summed E-state index contributed by atoms with van der Waals surface area (Å²) in [5, 5.41) is 4.19. The van der Waals surface area contributed by atoms with Gasteiger partial charge in [-0.25, -0.2) is 0 Å². The third kappa shape index (κ3) is 3.99. The van der Waals surface area contributed by atoms with Crippen molar-refractivity contribution in [2.24, 2.45) is 0 Å². The SMILES string of the molecule is COc1cccc(N2C(=S)NC(c3ccccn3)C2c2cccn2-c2ccc(N(C)C)cc2)c1. The second-order valence-electron chi connectivity index (χ2n) is 8.41. The number of benzene rings is 2. The molecule has 7 heteroatoms. The molecular formula is C27H27N5OS. The first-order valence-electron chi connectivity index (χ1n) is 11.2. The van der Waals surface area contributed by atoms with Gasteiger partial charge < -0.3 is 24.4 Å². The minimum atomic E-state index is -0.116. The Morgan fingerprint density at radius 3 is 2.47 bits per heavy atom. The van der Waals surface area contributed by atoms with E-state index in [0.717, 1.165) is 34.2 Å². The molecule has 0 bridgehead atoms. The summed E-state index contributed by atoms with van der Waals surface area (Å²) < 4.78 is 7.72. The molecule has 2 aromatic carbocycles. The number of hydrogen-bond donors (Lipinski definition) is 1. The molecule has 5 rings (SSSR count). The number of aromatic nitrogens is 2. The molecule has 2 aromatic heterocycles. The zero-order valence-electron chi connectivity index (χ0n) is 19.4. The van der Waals surface area contributed by atoms with Crippen molar-refractivity contribution in [3.63, 3.8) is 0 Å². The lowest BCUT2D eigenvalue weighted by Gasteiger charge is -2.29. The summed E-state index contributed by atoms with van der Waals surface area (Å²) in [4.78, 5) is 8.92. The molecule has 2 unspecified atom stereocenters. The van der Waals surface area contributed by atoms with Gasteiger partial charge in [0.15, 0.2) is 5.11 Å². The van der Waals surface area contributed by atoms with Gasteiger partial charge >= 0.3 is 0 Å². The molecule has 1 N–H and O–H groups in total. The minimum absolute atomic E-state index is 0.113. The maximum atomic E-state index is 5.87. The highest BCUT2D eigenvalue weighted by Gasteiger charge is 2.42. The number of pyridine rings is 1. The number of methoxy groups -OCH3 is 1. The van der Waals surface area contributed by atoms with Gasteiger partial charge in [0, 0.05) is 55.3 Å². The van der Waals surface area contributed by atoms with Gasteiger partial charge in [0.25, 0.3) is 0 Å². The zero-order chi connectivity index (χ0) is 23.7. The molecule has 1 aliphatic rings. The van der Waals surface area contributed by atoms with Gasteiger partial charge in [-0.2, -0.15) is 0 Å². The quantitative estimate of drug-likeness (QED) is 0.395. The van der Waals surface area contributed by atoms with Crippen molar-refractivity contribution in [1.29, 1.82) is 0 Å². The first kappa shape index (κ1) is 22.0. The lowest BCUT2D eigenvalue weighted by molar-refractivity contribution is 0.414. The van der Waals surface area contributed by atoms with E-state index in [2.05, 4.69) is 73.3 Å². The van der Waals surface area contributed by atoms with Gasteiger partial charge in [-0.15, -0.1) is 0 Å². The second kappa shape index (κ2) is 9.19. The lowest BCUT2D eigenvalue weighted by Crippen LogP contribution is -2.30. The van der Waals surface area contributed by atoms with Crippen molar-refractivity contribution < 1.29 is 4.74 Å². The number of ether oxygens (including phenoxy) is 1. The highest BCUT2D eigenvalue weighted by Crippen LogP contribution is 2.42. The molecule has 3 heterocycles. The van der Waals surface area contributed by atoms with Crippen LogP contribution in [0.2, 0.25) is 0 Å². The molecule has 1 saturated heterocycles. The van der Waals surface area contributed by atoms with Crippen LogP contribution in [0.15, 0.2) is 91.3 Å². The topological polar surface area (TPSA) is 45.6 Å². The van der Waals surface area contributed by atoms with Gasteiger partial charge in [0.1, 0.15) is 11.8 Å². The molecule has 0 radical (unpaired) electrons. The standard InChI is InChI=1S/C27H27N5OS/c1-30(2)19-12-14-20(15-13-19)31-17-7-11-24(31)26-25(23-10-4-5-16-28-23)29-27(34)32(26)21-8-6-9-22(18-21)33-3/h4-18,25-26H,1-3H3,(H,29,34). The van der Waals surface area contributed by atoms with Crippen molar-refractivity contribution in [1.82, 2.24) is 14.9 Å². The van der Waals surface area contributed by atoms with Crippen LogP contribution in [0.4, 0.5) is 11.4 Å². The van der Waals surface area contributed by atoms with Gasteiger partial charge in [-0.05, 0) is 72.9 Å². The summed E-state index contributed by atoms with van der Waals surface area (Å²) in [6.45, 7) is 0. The van der Waals surface area contributed by atoms with Crippen molar-refractivity contribution in [3.8, 4) is 11.4 Å². The molecule has 0 spiro atoms. The Bertz CT molecular complexity index is 1290. The number of anilines is 2. The number of thiocarbonyl (C=S) groups is 1. The Morgan fingerprint density at radius 2 is 1.76 bits per heavy atom. The highest BCUT2D eigenvalue weighted by atomic mass is 32.1. The fourth-order valence-corrected chi connectivity index (χ4v) is 4.82. The Kier molecular flexibility index (Phi) is 5.94. The van der Waals surface area contributed by atoms with E-state index in [0.29, 0.717) is 5.11 Å². The number of nitrogens with zero attached hydrogens (tertiary/aromatic N) is 4. The molecule has 172 valence electrons. The minimum Gasteiger partial charge on any atom is -0.497 e. The van der Waals surface area contributed by atoms with Crippen molar-refractivity contribution in [2.75, 3.05) is 31.0 Å². The molecule has 2 atom stereocenters. The van der Waals surface area contributed by atoms with Crippen LogP contribution < -0.4 is 19.9 Å². The van der Waals surface area contributed by atoms with Gasteiger partial charge in [-0.3, -0.25) is 4.98 Å². The Labute approximate surface area is 205 Å². The number of hydrogen-bond acceptors (Lipinski definition) is 4. The van der Waals surface area contributed by atoms with Gasteiger partial charge in [0.2, 0.25) is 0 Å². The van der Waals surface area contributed by atoms with E-state index in [4.69, 9.17) is 17.0 Å². The normalized spacial score (nSPS) is 17.5. The predicted molar refractivity (Wildman–Crippen MR) is 141 cm³/mol.